The second-order valence-corrected chi connectivity index (χ2v) is 6.83. The Labute approximate surface area is 168 Å². The lowest BCUT2D eigenvalue weighted by molar-refractivity contribution is 0.367. The Hall–Kier alpha value is -2.70. The molecule has 2 aliphatic heterocycles. The van der Waals surface area contributed by atoms with Gasteiger partial charge in [-0.05, 0) is 36.4 Å². The van der Waals surface area contributed by atoms with Gasteiger partial charge in [-0.2, -0.15) is 0 Å². The molecular weight excluding hydrogens is 382 g/mol. The van der Waals surface area contributed by atoms with Crippen molar-refractivity contribution in [3.63, 3.8) is 0 Å². The number of likely N-dealkylation sites (N-methyl/N-ethyl adjacent to an activating group) is 1. The van der Waals surface area contributed by atoms with Crippen molar-refractivity contribution in [2.45, 2.75) is 6.04 Å². The van der Waals surface area contributed by atoms with E-state index in [-0.39, 0.29) is 30.0 Å². The molecule has 0 bridgehead atoms. The highest BCUT2D eigenvalue weighted by Crippen LogP contribution is 2.37. The summed E-state index contributed by atoms with van der Waals surface area (Å²) in [6, 6.07) is 12.7. The highest BCUT2D eigenvalue weighted by atomic mass is 35.5. The Morgan fingerprint density at radius 2 is 1.75 bits per heavy atom. The van der Waals surface area contributed by atoms with Crippen molar-refractivity contribution in [2.24, 2.45) is 10.7 Å². The van der Waals surface area contributed by atoms with Gasteiger partial charge in [0.05, 0.1) is 0 Å². The largest absolute Gasteiger partial charge is 0.370 e. The van der Waals surface area contributed by atoms with E-state index in [1.807, 2.05) is 13.1 Å². The van der Waals surface area contributed by atoms with E-state index >= 15 is 0 Å². The fraction of sp³-hybridized carbons (Fsp3) is 0.190. The molecule has 1 atom stereocenters. The summed E-state index contributed by atoms with van der Waals surface area (Å²) < 4.78 is 28.6. The third-order valence-corrected chi connectivity index (χ3v) is 4.81. The molecule has 7 heteroatoms. The number of guanidine groups is 1. The first-order valence-corrected chi connectivity index (χ1v) is 8.74. The Kier molecular flexibility index (Phi) is 5.82. The van der Waals surface area contributed by atoms with Gasteiger partial charge in [-0.1, -0.05) is 36.4 Å². The van der Waals surface area contributed by atoms with E-state index in [0.29, 0.717) is 24.2 Å². The maximum atomic E-state index is 14.4. The van der Waals surface area contributed by atoms with Crippen LogP contribution in [0.4, 0.5) is 8.78 Å². The SMILES string of the molecule is CN1CC2=C(NC(N)=NC2c2ccccc2F)/C(=C/c2ccccc2F)C1.Cl. The summed E-state index contributed by atoms with van der Waals surface area (Å²) in [5.41, 5.74) is 9.60. The van der Waals surface area contributed by atoms with Crippen molar-refractivity contribution in [3.8, 4) is 0 Å². The van der Waals surface area contributed by atoms with Crippen molar-refractivity contribution in [1.82, 2.24) is 10.2 Å². The molecule has 0 radical (unpaired) electrons. The van der Waals surface area contributed by atoms with Gasteiger partial charge >= 0.3 is 0 Å². The number of hydrogen-bond donors (Lipinski definition) is 2. The summed E-state index contributed by atoms with van der Waals surface area (Å²) in [4.78, 5) is 6.54. The van der Waals surface area contributed by atoms with Gasteiger partial charge in [0.2, 0.25) is 0 Å². The minimum absolute atomic E-state index is 0. The fourth-order valence-corrected chi connectivity index (χ4v) is 3.61. The fourth-order valence-electron chi connectivity index (χ4n) is 3.61. The number of nitrogens with one attached hydrogen (secondary N) is 1. The molecule has 0 saturated heterocycles. The van der Waals surface area contributed by atoms with Crippen LogP contribution in [0.1, 0.15) is 17.2 Å². The summed E-state index contributed by atoms with van der Waals surface area (Å²) in [7, 11) is 1.97. The lowest BCUT2D eigenvalue weighted by Crippen LogP contribution is -2.43. The normalized spacial score (nSPS) is 20.9. The number of aliphatic imine (C=N–C) groups is 1. The van der Waals surface area contributed by atoms with Crippen LogP contribution in [0.5, 0.6) is 0 Å². The van der Waals surface area contributed by atoms with Crippen LogP contribution in [0.25, 0.3) is 6.08 Å². The van der Waals surface area contributed by atoms with Crippen LogP contribution in [0.15, 0.2) is 70.4 Å². The monoisotopic (exact) mass is 402 g/mol. The minimum atomic E-state index is -0.505. The zero-order chi connectivity index (χ0) is 19.0. The molecule has 146 valence electrons. The average Bonchev–Trinajstić information content (AvgIpc) is 2.64. The summed E-state index contributed by atoms with van der Waals surface area (Å²) in [5, 5.41) is 3.12. The molecule has 0 spiro atoms. The molecule has 2 aliphatic rings. The molecule has 2 aromatic carbocycles. The lowest BCUT2D eigenvalue weighted by Gasteiger charge is -2.36. The van der Waals surface area contributed by atoms with E-state index < -0.39 is 6.04 Å². The molecule has 2 heterocycles. The van der Waals surface area contributed by atoms with Gasteiger partial charge < -0.3 is 11.1 Å². The highest BCUT2D eigenvalue weighted by molar-refractivity contribution is 5.85. The third-order valence-electron chi connectivity index (χ3n) is 4.81. The van der Waals surface area contributed by atoms with Crippen molar-refractivity contribution in [3.05, 3.63) is 88.1 Å². The zero-order valence-electron chi connectivity index (χ0n) is 15.3. The molecule has 28 heavy (non-hydrogen) atoms. The van der Waals surface area contributed by atoms with E-state index in [1.165, 1.54) is 12.1 Å². The summed E-state index contributed by atoms with van der Waals surface area (Å²) in [5.74, 6) is -0.380. The number of nitrogens with two attached hydrogens (primary N) is 1. The van der Waals surface area contributed by atoms with Crippen LogP contribution in [-0.4, -0.2) is 31.0 Å². The van der Waals surface area contributed by atoms with Gasteiger partial charge in [-0.15, -0.1) is 12.4 Å². The smallest absolute Gasteiger partial charge is 0.194 e. The van der Waals surface area contributed by atoms with Crippen LogP contribution >= 0.6 is 12.4 Å². The number of hydrogen-bond acceptors (Lipinski definition) is 4. The number of nitrogens with zero attached hydrogens (tertiary/aromatic N) is 2. The summed E-state index contributed by atoms with van der Waals surface area (Å²) >= 11 is 0. The first-order valence-electron chi connectivity index (χ1n) is 8.74. The Morgan fingerprint density at radius 3 is 2.46 bits per heavy atom. The van der Waals surface area contributed by atoms with Gasteiger partial charge in [-0.3, -0.25) is 4.90 Å². The Morgan fingerprint density at radius 1 is 1.07 bits per heavy atom. The van der Waals surface area contributed by atoms with E-state index in [9.17, 15) is 8.78 Å². The lowest BCUT2D eigenvalue weighted by atomic mass is 9.89. The van der Waals surface area contributed by atoms with Gasteiger partial charge in [0.25, 0.3) is 0 Å². The van der Waals surface area contributed by atoms with Gasteiger partial charge in [-0.25, -0.2) is 13.8 Å². The molecule has 4 rings (SSSR count). The predicted molar refractivity (Wildman–Crippen MR) is 110 cm³/mol. The van der Waals surface area contributed by atoms with Crippen molar-refractivity contribution in [2.75, 3.05) is 20.1 Å². The van der Waals surface area contributed by atoms with Gasteiger partial charge in [0.1, 0.15) is 17.7 Å². The predicted octanol–water partition coefficient (Wildman–Crippen LogP) is 3.63. The van der Waals surface area contributed by atoms with Gasteiger partial charge in [0.15, 0.2) is 5.96 Å². The molecule has 2 aromatic rings. The summed E-state index contributed by atoms with van der Waals surface area (Å²) in [6.07, 6.45) is 1.81. The van der Waals surface area contributed by atoms with Crippen LogP contribution < -0.4 is 11.1 Å². The highest BCUT2D eigenvalue weighted by Gasteiger charge is 2.32. The molecule has 4 nitrogen and oxygen atoms in total. The van der Waals surface area contributed by atoms with Crippen LogP contribution in [0.3, 0.4) is 0 Å². The average molecular weight is 403 g/mol. The van der Waals surface area contributed by atoms with Crippen molar-refractivity contribution in [1.29, 1.82) is 0 Å². The zero-order valence-corrected chi connectivity index (χ0v) is 16.1. The molecule has 1 unspecified atom stereocenters. The minimum Gasteiger partial charge on any atom is -0.370 e. The quantitative estimate of drug-likeness (QED) is 0.806. The third kappa shape index (κ3) is 3.79. The topological polar surface area (TPSA) is 53.6 Å². The first-order chi connectivity index (χ1) is 13.0. The molecule has 0 saturated carbocycles. The van der Waals surface area contributed by atoms with Crippen molar-refractivity contribution >= 4 is 24.4 Å². The molecule has 3 N–H and O–H groups in total. The second kappa shape index (κ2) is 8.12. The van der Waals surface area contributed by atoms with Crippen LogP contribution in [0.2, 0.25) is 0 Å². The van der Waals surface area contributed by atoms with Crippen LogP contribution in [-0.2, 0) is 0 Å². The van der Waals surface area contributed by atoms with E-state index in [2.05, 4.69) is 15.2 Å². The van der Waals surface area contributed by atoms with Gasteiger partial charge in [0, 0.05) is 29.9 Å². The Balaban J connectivity index is 0.00000225. The number of benzene rings is 2. The standard InChI is InChI=1S/C21H20F2N4.ClH/c1-27-11-14(10-13-6-2-4-8-17(13)22)19-16(12-27)20(26-21(24)25-19)15-7-3-5-9-18(15)23;/h2-10,20H,11-12H2,1H3,(H3,24,25,26);1H/b14-10+;. The van der Waals surface area contributed by atoms with E-state index in [0.717, 1.165) is 16.8 Å². The van der Waals surface area contributed by atoms with E-state index in [4.69, 9.17) is 5.73 Å². The first kappa shape index (κ1) is 20.0. The molecule has 0 aromatic heterocycles. The summed E-state index contributed by atoms with van der Waals surface area (Å²) in [6.45, 7) is 1.24. The van der Waals surface area contributed by atoms with Crippen molar-refractivity contribution < 1.29 is 8.78 Å². The molecule has 0 fully saturated rings. The molecule has 0 aliphatic carbocycles. The van der Waals surface area contributed by atoms with Crippen LogP contribution in [0, 0.1) is 11.6 Å². The Bertz CT molecular complexity index is 984. The maximum absolute atomic E-state index is 14.4. The molecular formula is C21H21ClF2N4. The number of rotatable bonds is 2. The van der Waals surface area contributed by atoms with E-state index in [1.54, 1.807) is 36.4 Å². The number of halogens is 3. The maximum Gasteiger partial charge on any atom is 0.194 e. The molecule has 0 amide bonds. The second-order valence-electron chi connectivity index (χ2n) is 6.83.